The topological polar surface area (TPSA) is 9.72 Å². The molecule has 0 aliphatic carbocycles. The van der Waals surface area contributed by atoms with Crippen molar-refractivity contribution < 1.29 is 6.85 Å². The summed E-state index contributed by atoms with van der Waals surface area (Å²) in [6, 6.07) is 89.6. The molecule has 0 aromatic heterocycles. The Bertz CT molecular complexity index is 3410. The van der Waals surface area contributed by atoms with E-state index in [-0.39, 0.29) is 17.8 Å². The van der Waals surface area contributed by atoms with Crippen LogP contribution in [0, 0.1) is 0 Å². The third-order valence-electron chi connectivity index (χ3n) is 12.4. The van der Waals surface area contributed by atoms with Crippen molar-refractivity contribution in [2.45, 2.75) is 0 Å². The van der Waals surface area contributed by atoms with Gasteiger partial charge in [-0.25, -0.2) is 0 Å². The van der Waals surface area contributed by atoms with Crippen molar-refractivity contribution in [2.24, 2.45) is 0 Å². The summed E-state index contributed by atoms with van der Waals surface area (Å²) in [6.07, 6.45) is 0. The Balaban J connectivity index is 0.885. The van der Waals surface area contributed by atoms with Crippen molar-refractivity contribution in [2.75, 3.05) is 14.7 Å². The van der Waals surface area contributed by atoms with Gasteiger partial charge in [0.2, 0.25) is 0 Å². The van der Waals surface area contributed by atoms with Crippen molar-refractivity contribution in [1.29, 1.82) is 0 Å². The summed E-state index contributed by atoms with van der Waals surface area (Å²) < 4.78 is 43.7. The van der Waals surface area contributed by atoms with Gasteiger partial charge < -0.3 is 14.7 Å². The molecule has 11 aromatic rings. The predicted octanol–water partition coefficient (Wildman–Crippen LogP) is 18.8. The van der Waals surface area contributed by atoms with Crippen LogP contribution in [-0.4, -0.2) is 0 Å². The van der Waals surface area contributed by atoms with Crippen molar-refractivity contribution in [3.63, 3.8) is 0 Å². The molecule has 0 fully saturated rings. The van der Waals surface area contributed by atoms with E-state index in [2.05, 4.69) is 180 Å². The van der Waals surface area contributed by atoms with Crippen molar-refractivity contribution in [3.05, 3.63) is 297 Å². The number of rotatable bonds is 13. The number of anilines is 9. The number of hydrogen-bond acceptors (Lipinski definition) is 3. The van der Waals surface area contributed by atoms with Gasteiger partial charge in [-0.1, -0.05) is 188 Å². The number of nitrogens with zero attached hydrogens (tertiary/aromatic N) is 3. The number of hydrogen-bond donors (Lipinski definition) is 0. The van der Waals surface area contributed by atoms with Crippen LogP contribution in [0.4, 0.5) is 51.2 Å². The van der Waals surface area contributed by atoms with Gasteiger partial charge in [0.1, 0.15) is 0 Å². The molecule has 328 valence electrons. The molecular weight excluding hydrogens is 835 g/mol. The Labute approximate surface area is 412 Å². The van der Waals surface area contributed by atoms with Crippen LogP contribution in [0.25, 0.3) is 44.5 Å². The Morgan fingerprint density at radius 2 is 0.362 bits per heavy atom. The first kappa shape index (κ1) is 37.0. The van der Waals surface area contributed by atoms with Crippen LogP contribution in [0.5, 0.6) is 0 Å². The Hall–Kier alpha value is -9.18. The molecule has 0 amide bonds. The van der Waals surface area contributed by atoms with Gasteiger partial charge in [0, 0.05) is 51.2 Å². The summed E-state index contributed by atoms with van der Waals surface area (Å²) in [4.78, 5) is 6.24. The maximum absolute atomic E-state index is 9.05. The van der Waals surface area contributed by atoms with E-state index in [9.17, 15) is 0 Å². The Morgan fingerprint density at radius 1 is 0.174 bits per heavy atom. The fourth-order valence-corrected chi connectivity index (χ4v) is 8.89. The molecule has 0 unspecified atom stereocenters. The maximum Gasteiger partial charge on any atom is 0.0645 e. The van der Waals surface area contributed by atoms with E-state index in [1.54, 1.807) is 4.90 Å². The zero-order chi connectivity index (χ0) is 50.5. The zero-order valence-electron chi connectivity index (χ0n) is 42.7. The fraction of sp³-hybridized carbons (Fsp3) is 0. The monoisotopic (exact) mass is 888 g/mol. The van der Waals surface area contributed by atoms with Crippen LogP contribution < -0.4 is 14.7 Å². The summed E-state index contributed by atoms with van der Waals surface area (Å²) >= 11 is 0. The summed E-state index contributed by atoms with van der Waals surface area (Å²) in [6.45, 7) is 0. The highest BCUT2D eigenvalue weighted by Gasteiger charge is 2.17. The molecule has 0 spiro atoms. The lowest BCUT2D eigenvalue weighted by Crippen LogP contribution is -2.10. The molecule has 0 aliphatic heterocycles. The SMILES string of the molecule is [2H]c1c([2H])c([2H])c(N(c2ccc(-c3ccc(N(c4ccccc4)c4ccc(-c5ccccc5)cc4)cc3)cc2)c2ccc(-c3ccc(N(c4ccccc4)c4ccc(-c5ccccc5)cc4)cc3)cc2)c([2H])c1[2H]. The van der Waals surface area contributed by atoms with E-state index in [0.29, 0.717) is 11.4 Å². The number of para-hydroxylation sites is 3. The highest BCUT2D eigenvalue weighted by atomic mass is 15.2. The molecule has 0 saturated carbocycles. The van der Waals surface area contributed by atoms with E-state index in [4.69, 9.17) is 6.85 Å². The first-order valence-electron chi connectivity index (χ1n) is 25.6. The lowest BCUT2D eigenvalue weighted by Gasteiger charge is -2.26. The van der Waals surface area contributed by atoms with Crippen LogP contribution in [-0.2, 0) is 0 Å². The maximum atomic E-state index is 9.05. The van der Waals surface area contributed by atoms with Gasteiger partial charge in [-0.05, 0) is 154 Å². The minimum absolute atomic E-state index is 0.0702. The average molecular weight is 889 g/mol. The smallest absolute Gasteiger partial charge is 0.0645 e. The molecule has 0 heterocycles. The van der Waals surface area contributed by atoms with Crippen LogP contribution in [0.2, 0.25) is 0 Å². The molecule has 0 radical (unpaired) electrons. The van der Waals surface area contributed by atoms with E-state index < -0.39 is 18.1 Å². The van der Waals surface area contributed by atoms with E-state index in [1.807, 2.05) is 97.1 Å². The molecule has 0 N–H and O–H groups in total. The zero-order valence-corrected chi connectivity index (χ0v) is 37.7. The van der Waals surface area contributed by atoms with Crippen LogP contribution in [0.15, 0.2) is 297 Å². The normalized spacial score (nSPS) is 11.9. The van der Waals surface area contributed by atoms with Crippen LogP contribution in [0.1, 0.15) is 6.85 Å². The summed E-state index contributed by atoms with van der Waals surface area (Å²) in [7, 11) is 0. The minimum Gasteiger partial charge on any atom is -0.311 e. The first-order chi connectivity index (χ1) is 36.3. The van der Waals surface area contributed by atoms with Gasteiger partial charge in [-0.15, -0.1) is 0 Å². The third kappa shape index (κ3) is 9.31. The standard InChI is InChI=1S/C66H49N3/c1-6-16-50(17-7-1)52-26-38-61(39-27-52)67(58-20-10-3-11-21-58)63-42-30-54(31-43-63)56-34-46-65(47-35-56)69(60-24-14-5-15-25-60)66-48-36-57(37-49-66)55-32-44-64(45-33-55)68(59-22-12-4-13-23-59)62-40-28-53(29-41-62)51-18-8-2-9-19-51/h1-49H/i5D,14D,15D,24D,25D. The quantitative estimate of drug-likeness (QED) is 0.114. The second-order valence-corrected chi connectivity index (χ2v) is 16.7. The largest absolute Gasteiger partial charge is 0.311 e. The molecule has 0 saturated heterocycles. The van der Waals surface area contributed by atoms with Gasteiger partial charge in [0.25, 0.3) is 0 Å². The third-order valence-corrected chi connectivity index (χ3v) is 12.4. The van der Waals surface area contributed by atoms with Gasteiger partial charge >= 0.3 is 0 Å². The second kappa shape index (κ2) is 19.7. The van der Waals surface area contributed by atoms with E-state index in [0.717, 1.165) is 67.5 Å². The van der Waals surface area contributed by atoms with E-state index in [1.165, 1.54) is 11.1 Å². The van der Waals surface area contributed by atoms with Crippen LogP contribution >= 0.6 is 0 Å². The lowest BCUT2D eigenvalue weighted by atomic mass is 10.0. The van der Waals surface area contributed by atoms with E-state index >= 15 is 0 Å². The first-order valence-corrected chi connectivity index (χ1v) is 23.1. The molecular formula is C66H49N3. The summed E-state index contributed by atoms with van der Waals surface area (Å²) in [5, 5.41) is 0. The minimum atomic E-state index is -0.439. The highest BCUT2D eigenvalue weighted by molar-refractivity contribution is 5.84. The molecule has 0 aliphatic rings. The van der Waals surface area contributed by atoms with Crippen molar-refractivity contribution in [3.8, 4) is 44.5 Å². The van der Waals surface area contributed by atoms with Gasteiger partial charge in [0.05, 0.1) is 6.85 Å². The fourth-order valence-electron chi connectivity index (χ4n) is 8.89. The average Bonchev–Trinajstić information content (AvgIpc) is 3.47. The summed E-state index contributed by atoms with van der Waals surface area (Å²) in [5.74, 6) is 0. The molecule has 3 heteroatoms. The second-order valence-electron chi connectivity index (χ2n) is 16.7. The van der Waals surface area contributed by atoms with Gasteiger partial charge in [-0.3, -0.25) is 0 Å². The highest BCUT2D eigenvalue weighted by Crippen LogP contribution is 2.41. The van der Waals surface area contributed by atoms with Crippen LogP contribution in [0.3, 0.4) is 0 Å². The Morgan fingerprint density at radius 3 is 0.609 bits per heavy atom. The Kier molecular flexibility index (Phi) is 10.6. The van der Waals surface area contributed by atoms with Crippen molar-refractivity contribution in [1.82, 2.24) is 0 Å². The molecule has 3 nitrogen and oxygen atoms in total. The van der Waals surface area contributed by atoms with Gasteiger partial charge in [0.15, 0.2) is 0 Å². The molecule has 0 atom stereocenters. The molecule has 11 rings (SSSR count). The van der Waals surface area contributed by atoms with Gasteiger partial charge in [-0.2, -0.15) is 0 Å². The molecule has 11 aromatic carbocycles. The number of benzene rings is 11. The molecule has 0 bridgehead atoms. The van der Waals surface area contributed by atoms with Crippen molar-refractivity contribution >= 4 is 51.2 Å². The predicted molar refractivity (Wildman–Crippen MR) is 292 cm³/mol. The summed E-state index contributed by atoms with van der Waals surface area (Å²) in [5.41, 5.74) is 16.1. The lowest BCUT2D eigenvalue weighted by molar-refractivity contribution is 1.28. The molecule has 69 heavy (non-hydrogen) atoms.